The lowest BCUT2D eigenvalue weighted by Crippen LogP contribution is -2.13. The Kier molecular flexibility index (Phi) is 3.82. The second-order valence-electron chi connectivity index (χ2n) is 5.86. The lowest BCUT2D eigenvalue weighted by Gasteiger charge is -2.03. The average Bonchev–Trinajstić information content (AvgIpc) is 3.20. The number of nitrogens with zero attached hydrogens (tertiary/aromatic N) is 3. The first-order valence-electron chi connectivity index (χ1n) is 7.86. The highest BCUT2D eigenvalue weighted by Crippen LogP contribution is 2.29. The summed E-state index contributed by atoms with van der Waals surface area (Å²) in [5, 5.41) is 6.55. The Morgan fingerprint density at radius 2 is 2.04 bits per heavy atom. The summed E-state index contributed by atoms with van der Waals surface area (Å²) in [4.78, 5) is 21.1. The van der Waals surface area contributed by atoms with E-state index in [9.17, 15) is 4.79 Å². The highest BCUT2D eigenvalue weighted by atomic mass is 32.1. The molecule has 0 fully saturated rings. The molecule has 6 heteroatoms. The van der Waals surface area contributed by atoms with Crippen LogP contribution in [0.3, 0.4) is 0 Å². The third kappa shape index (κ3) is 2.92. The smallest absolute Gasteiger partial charge is 0.276 e. The van der Waals surface area contributed by atoms with Crippen LogP contribution in [-0.2, 0) is 7.05 Å². The van der Waals surface area contributed by atoms with E-state index in [1.165, 1.54) is 11.3 Å². The molecule has 1 amide bonds. The second-order valence-corrected chi connectivity index (χ2v) is 6.72. The summed E-state index contributed by atoms with van der Waals surface area (Å²) in [6.45, 7) is 1.96. The maximum atomic E-state index is 12.4. The van der Waals surface area contributed by atoms with Crippen LogP contribution in [0.4, 0.5) is 5.82 Å². The Labute approximate surface area is 149 Å². The Hall–Kier alpha value is -2.99. The predicted octanol–water partition coefficient (Wildman–Crippen LogP) is 4.26. The first-order valence-corrected chi connectivity index (χ1v) is 8.74. The van der Waals surface area contributed by atoms with Crippen LogP contribution in [0, 0.1) is 6.92 Å². The Morgan fingerprint density at radius 1 is 1.20 bits per heavy atom. The van der Waals surface area contributed by atoms with Gasteiger partial charge in [-0.05, 0) is 36.8 Å². The molecule has 0 aliphatic carbocycles. The minimum absolute atomic E-state index is 0.251. The highest BCUT2D eigenvalue weighted by molar-refractivity contribution is 7.13. The molecule has 0 aliphatic rings. The Balaban J connectivity index is 1.63. The number of fused-ring (bicyclic) bond motifs is 1. The topological polar surface area (TPSA) is 59.8 Å². The molecule has 0 radical (unpaired) electrons. The molecule has 0 saturated heterocycles. The number of para-hydroxylation sites is 1. The molecule has 1 N–H and O–H groups in total. The quantitative estimate of drug-likeness (QED) is 0.602. The number of thiazole rings is 1. The number of benzene rings is 1. The van der Waals surface area contributed by atoms with Crippen molar-refractivity contribution in [2.24, 2.45) is 7.05 Å². The minimum Gasteiger partial charge on any atom is -0.342 e. The summed E-state index contributed by atoms with van der Waals surface area (Å²) < 4.78 is 2.10. The minimum atomic E-state index is -0.251. The summed E-state index contributed by atoms with van der Waals surface area (Å²) >= 11 is 1.46. The average molecular weight is 348 g/mol. The molecule has 4 rings (SSSR count). The molecule has 3 heterocycles. The molecule has 0 bridgehead atoms. The fourth-order valence-electron chi connectivity index (χ4n) is 2.77. The van der Waals surface area contributed by atoms with E-state index in [1.54, 1.807) is 11.6 Å². The summed E-state index contributed by atoms with van der Waals surface area (Å²) in [7, 11) is 2.01. The first kappa shape index (κ1) is 15.5. The van der Waals surface area contributed by atoms with E-state index in [0.29, 0.717) is 11.5 Å². The van der Waals surface area contributed by atoms with Gasteiger partial charge < -0.3 is 9.88 Å². The van der Waals surface area contributed by atoms with E-state index in [-0.39, 0.29) is 5.91 Å². The Morgan fingerprint density at radius 3 is 2.84 bits per heavy atom. The monoisotopic (exact) mass is 348 g/mol. The number of pyridine rings is 1. The van der Waals surface area contributed by atoms with E-state index >= 15 is 0 Å². The van der Waals surface area contributed by atoms with Gasteiger partial charge >= 0.3 is 0 Å². The molecule has 124 valence electrons. The van der Waals surface area contributed by atoms with Crippen molar-refractivity contribution >= 4 is 34.0 Å². The van der Waals surface area contributed by atoms with Gasteiger partial charge in [-0.1, -0.05) is 18.2 Å². The zero-order valence-corrected chi connectivity index (χ0v) is 14.7. The molecule has 4 aromatic rings. The van der Waals surface area contributed by atoms with E-state index in [2.05, 4.69) is 38.1 Å². The lowest BCUT2D eigenvalue weighted by atomic mass is 10.2. The van der Waals surface area contributed by atoms with Crippen LogP contribution in [-0.4, -0.2) is 20.4 Å². The van der Waals surface area contributed by atoms with Crippen LogP contribution in [0.25, 0.3) is 21.6 Å². The largest absolute Gasteiger partial charge is 0.342 e. The van der Waals surface area contributed by atoms with E-state index < -0.39 is 0 Å². The van der Waals surface area contributed by atoms with Crippen molar-refractivity contribution in [3.63, 3.8) is 0 Å². The van der Waals surface area contributed by atoms with Gasteiger partial charge in [0, 0.05) is 29.5 Å². The van der Waals surface area contributed by atoms with Gasteiger partial charge in [0.2, 0.25) is 0 Å². The predicted molar refractivity (Wildman–Crippen MR) is 101 cm³/mol. The van der Waals surface area contributed by atoms with Crippen LogP contribution >= 0.6 is 11.3 Å². The molecule has 0 unspecified atom stereocenters. The second kappa shape index (κ2) is 6.14. The number of rotatable bonds is 3. The van der Waals surface area contributed by atoms with Crippen molar-refractivity contribution in [3.05, 3.63) is 65.3 Å². The number of hydrogen-bond donors (Lipinski definition) is 1. The van der Waals surface area contributed by atoms with Gasteiger partial charge in [0.1, 0.15) is 16.5 Å². The standard InChI is InChI=1S/C19H16N4OS/c1-12-7-8-20-17(9-12)22-18(24)14-11-25-19(21-14)16-10-13-5-3-4-6-15(13)23(16)2/h3-11H,1-2H3,(H,20,22,24). The summed E-state index contributed by atoms with van der Waals surface area (Å²) in [5.74, 6) is 0.281. The number of carbonyl (C=O) groups excluding carboxylic acids is 1. The third-order valence-electron chi connectivity index (χ3n) is 4.06. The molecular formula is C19H16N4OS. The maximum absolute atomic E-state index is 12.4. The van der Waals surface area contributed by atoms with E-state index in [4.69, 9.17) is 0 Å². The van der Waals surface area contributed by atoms with Gasteiger partial charge in [0.25, 0.3) is 5.91 Å². The van der Waals surface area contributed by atoms with Crippen LogP contribution < -0.4 is 5.32 Å². The van der Waals surface area contributed by atoms with Crippen LogP contribution in [0.5, 0.6) is 0 Å². The van der Waals surface area contributed by atoms with E-state index in [1.807, 2.05) is 38.2 Å². The van der Waals surface area contributed by atoms with Gasteiger partial charge in [-0.3, -0.25) is 4.79 Å². The summed E-state index contributed by atoms with van der Waals surface area (Å²) in [5.41, 5.74) is 3.58. The normalized spacial score (nSPS) is 11.0. The molecular weight excluding hydrogens is 332 g/mol. The molecule has 1 aromatic carbocycles. The molecule has 25 heavy (non-hydrogen) atoms. The Bertz CT molecular complexity index is 1080. The number of hydrogen-bond acceptors (Lipinski definition) is 4. The van der Waals surface area contributed by atoms with Gasteiger partial charge in [-0.2, -0.15) is 0 Å². The van der Waals surface area contributed by atoms with Gasteiger partial charge in [0.15, 0.2) is 0 Å². The fourth-order valence-corrected chi connectivity index (χ4v) is 3.63. The highest BCUT2D eigenvalue weighted by Gasteiger charge is 2.15. The van der Waals surface area contributed by atoms with Gasteiger partial charge in [-0.15, -0.1) is 11.3 Å². The number of carbonyl (C=O) groups is 1. The molecule has 3 aromatic heterocycles. The van der Waals surface area contributed by atoms with Crippen LogP contribution in [0.2, 0.25) is 0 Å². The van der Waals surface area contributed by atoms with Crippen LogP contribution in [0.15, 0.2) is 54.0 Å². The van der Waals surface area contributed by atoms with Gasteiger partial charge in [-0.25, -0.2) is 9.97 Å². The first-order chi connectivity index (χ1) is 12.1. The fraction of sp³-hybridized carbons (Fsp3) is 0.105. The summed E-state index contributed by atoms with van der Waals surface area (Å²) in [6.07, 6.45) is 1.67. The molecule has 5 nitrogen and oxygen atoms in total. The zero-order chi connectivity index (χ0) is 17.4. The number of nitrogens with one attached hydrogen (secondary N) is 1. The van der Waals surface area contributed by atoms with Crippen molar-refractivity contribution < 1.29 is 4.79 Å². The lowest BCUT2D eigenvalue weighted by molar-refractivity contribution is 0.102. The van der Waals surface area contributed by atoms with Crippen molar-refractivity contribution in [2.75, 3.05) is 5.32 Å². The zero-order valence-electron chi connectivity index (χ0n) is 13.9. The van der Waals surface area contributed by atoms with Crippen molar-refractivity contribution in [1.29, 1.82) is 0 Å². The van der Waals surface area contributed by atoms with Crippen molar-refractivity contribution in [1.82, 2.24) is 14.5 Å². The van der Waals surface area contributed by atoms with Crippen molar-refractivity contribution in [2.45, 2.75) is 6.92 Å². The summed E-state index contributed by atoms with van der Waals surface area (Å²) in [6, 6.07) is 14.0. The van der Waals surface area contributed by atoms with Crippen LogP contribution in [0.1, 0.15) is 16.1 Å². The van der Waals surface area contributed by atoms with Crippen molar-refractivity contribution in [3.8, 4) is 10.7 Å². The number of aryl methyl sites for hydroxylation is 2. The maximum Gasteiger partial charge on any atom is 0.276 e. The molecule has 0 atom stereocenters. The van der Waals surface area contributed by atoms with Gasteiger partial charge in [0.05, 0.1) is 5.69 Å². The number of aromatic nitrogens is 3. The molecule has 0 aliphatic heterocycles. The van der Waals surface area contributed by atoms with E-state index in [0.717, 1.165) is 27.2 Å². The number of amides is 1. The molecule has 0 saturated carbocycles. The third-order valence-corrected chi connectivity index (χ3v) is 4.93. The SMILES string of the molecule is Cc1ccnc(NC(=O)c2csc(-c3cc4ccccc4n3C)n2)c1. The number of anilines is 1. The molecule has 0 spiro atoms.